The lowest BCUT2D eigenvalue weighted by Gasteiger charge is -2.18. The van der Waals surface area contributed by atoms with Crippen LogP contribution in [0.2, 0.25) is 0 Å². The summed E-state index contributed by atoms with van der Waals surface area (Å²) in [6.07, 6.45) is 1.76. The molecule has 2 amide bonds. The first-order valence-corrected chi connectivity index (χ1v) is 10.5. The fraction of sp³-hybridized carbons (Fsp3) is 0.333. The molecule has 3 aromatic rings. The van der Waals surface area contributed by atoms with Crippen molar-refractivity contribution in [2.75, 3.05) is 36.5 Å². The van der Waals surface area contributed by atoms with Gasteiger partial charge in [-0.25, -0.2) is 19.2 Å². The highest BCUT2D eigenvalue weighted by Gasteiger charge is 2.34. The second-order valence-electron chi connectivity index (χ2n) is 7.84. The van der Waals surface area contributed by atoms with Crippen LogP contribution in [0.25, 0.3) is 11.0 Å². The molecular formula is C21H20FN7O5. The molecule has 0 radical (unpaired) electrons. The van der Waals surface area contributed by atoms with Gasteiger partial charge in [0, 0.05) is 25.2 Å². The topological polar surface area (TPSA) is 141 Å². The van der Waals surface area contributed by atoms with Crippen molar-refractivity contribution in [2.45, 2.75) is 12.5 Å². The Labute approximate surface area is 191 Å². The molecule has 2 aliphatic heterocycles. The number of rotatable bonds is 6. The Kier molecular flexibility index (Phi) is 5.53. The van der Waals surface area contributed by atoms with Crippen LogP contribution in [-0.2, 0) is 23.0 Å². The maximum atomic E-state index is 14.5. The molecule has 2 N–H and O–H groups in total. The minimum Gasteiger partial charge on any atom is -0.465 e. The number of anilines is 2. The second-order valence-corrected chi connectivity index (χ2v) is 7.84. The molecule has 5 heterocycles. The van der Waals surface area contributed by atoms with Gasteiger partial charge in [-0.1, -0.05) is 0 Å². The molecule has 176 valence electrons. The lowest BCUT2D eigenvalue weighted by Crippen LogP contribution is -2.33. The van der Waals surface area contributed by atoms with E-state index in [2.05, 4.69) is 25.6 Å². The molecule has 34 heavy (non-hydrogen) atoms. The van der Waals surface area contributed by atoms with Gasteiger partial charge < -0.3 is 24.7 Å². The summed E-state index contributed by atoms with van der Waals surface area (Å²) in [5.74, 6) is -0.297. The number of fused-ring (bicyclic) bond motifs is 2. The second kappa shape index (κ2) is 8.67. The maximum Gasteiger partial charge on any atom is 0.416 e. The Morgan fingerprint density at radius 3 is 2.94 bits per heavy atom. The molecule has 0 spiro atoms. The number of halogens is 1. The predicted octanol–water partition coefficient (Wildman–Crippen LogP) is 0.351. The lowest BCUT2D eigenvalue weighted by molar-refractivity contribution is -0.118. The Morgan fingerprint density at radius 2 is 2.09 bits per heavy atom. The average molecular weight is 469 g/mol. The number of aryl methyl sites for hydroxylation is 1. The molecule has 5 rings (SSSR count). The van der Waals surface area contributed by atoms with E-state index in [-0.39, 0.29) is 42.1 Å². The number of ether oxygens (including phenoxy) is 2. The van der Waals surface area contributed by atoms with Gasteiger partial charge in [0.2, 0.25) is 0 Å². The van der Waals surface area contributed by atoms with Crippen LogP contribution >= 0.6 is 0 Å². The maximum absolute atomic E-state index is 14.5. The molecule has 12 nitrogen and oxygen atoms in total. The summed E-state index contributed by atoms with van der Waals surface area (Å²) in [5, 5.41) is 5.71. The zero-order valence-electron chi connectivity index (χ0n) is 18.1. The van der Waals surface area contributed by atoms with Crippen molar-refractivity contribution in [3.63, 3.8) is 0 Å². The number of nitrogens with zero attached hydrogens (tertiary/aromatic N) is 5. The van der Waals surface area contributed by atoms with Crippen LogP contribution < -0.4 is 25.8 Å². The van der Waals surface area contributed by atoms with E-state index in [1.807, 2.05) is 0 Å². The van der Waals surface area contributed by atoms with E-state index in [1.54, 1.807) is 13.1 Å². The summed E-state index contributed by atoms with van der Waals surface area (Å²) in [7, 11) is 1.58. The zero-order valence-corrected chi connectivity index (χ0v) is 18.1. The van der Waals surface area contributed by atoms with E-state index in [9.17, 15) is 18.8 Å². The normalized spacial score (nSPS) is 17.4. The molecule has 13 heteroatoms. The summed E-state index contributed by atoms with van der Waals surface area (Å²) in [6, 6.07) is 2.96. The van der Waals surface area contributed by atoms with E-state index in [0.717, 1.165) is 6.20 Å². The quantitative estimate of drug-likeness (QED) is 0.489. The van der Waals surface area contributed by atoms with Gasteiger partial charge in [0.25, 0.3) is 17.3 Å². The summed E-state index contributed by atoms with van der Waals surface area (Å²) in [4.78, 5) is 49.5. The smallest absolute Gasteiger partial charge is 0.416 e. The summed E-state index contributed by atoms with van der Waals surface area (Å²) >= 11 is 0. The molecule has 0 aromatic carbocycles. The Morgan fingerprint density at radius 1 is 1.24 bits per heavy atom. The van der Waals surface area contributed by atoms with E-state index in [4.69, 9.17) is 9.47 Å². The molecule has 3 aromatic heterocycles. The van der Waals surface area contributed by atoms with Crippen LogP contribution in [0, 0.1) is 5.82 Å². The Hall–Kier alpha value is -4.13. The van der Waals surface area contributed by atoms with Crippen LogP contribution in [0.5, 0.6) is 5.88 Å². The highest BCUT2D eigenvalue weighted by atomic mass is 19.1. The van der Waals surface area contributed by atoms with Crippen molar-refractivity contribution in [3.8, 4) is 5.88 Å². The molecule has 0 aliphatic carbocycles. The summed E-state index contributed by atoms with van der Waals surface area (Å²) in [5.41, 5.74) is 1.13. The molecular weight excluding hydrogens is 449 g/mol. The minimum atomic E-state index is -0.592. The fourth-order valence-electron chi connectivity index (χ4n) is 3.92. The first-order chi connectivity index (χ1) is 16.4. The summed E-state index contributed by atoms with van der Waals surface area (Å²) < 4.78 is 26.4. The third kappa shape index (κ3) is 4.01. The molecule has 0 saturated carbocycles. The molecule has 1 unspecified atom stereocenters. The number of pyridine rings is 2. The van der Waals surface area contributed by atoms with Gasteiger partial charge in [-0.2, -0.15) is 0 Å². The minimum absolute atomic E-state index is 0.143. The third-order valence-electron chi connectivity index (χ3n) is 5.58. The molecule has 1 saturated heterocycles. The van der Waals surface area contributed by atoms with Gasteiger partial charge in [0.1, 0.15) is 11.9 Å². The van der Waals surface area contributed by atoms with Crippen molar-refractivity contribution in [1.82, 2.24) is 24.8 Å². The average Bonchev–Trinajstić information content (AvgIpc) is 3.20. The van der Waals surface area contributed by atoms with Gasteiger partial charge in [-0.15, -0.1) is 0 Å². The van der Waals surface area contributed by atoms with E-state index >= 15 is 0 Å². The van der Waals surface area contributed by atoms with Crippen molar-refractivity contribution in [3.05, 3.63) is 46.3 Å². The number of cyclic esters (lactones) is 1. The van der Waals surface area contributed by atoms with E-state index in [0.29, 0.717) is 36.1 Å². The SMILES string of the molecule is Cn1c(=O)ccc2ncc(F)c(CCNCC3CN(c4cnc5c(n4)NC(=O)CO5)C(=O)O3)c21. The Balaban J connectivity index is 1.21. The van der Waals surface area contributed by atoms with Gasteiger partial charge in [0.15, 0.2) is 18.2 Å². The monoisotopic (exact) mass is 469 g/mol. The zero-order chi connectivity index (χ0) is 23.8. The van der Waals surface area contributed by atoms with Gasteiger partial charge in [-0.3, -0.25) is 19.5 Å². The molecule has 1 atom stereocenters. The predicted molar refractivity (Wildman–Crippen MR) is 117 cm³/mol. The third-order valence-corrected chi connectivity index (χ3v) is 5.58. The standard InChI is InChI=1S/C21H20FN7O5/c1-28-17(31)3-2-14-18(28)12(13(22)7-24-14)4-5-23-6-11-9-29(21(32)34-11)15-8-25-20-19(26-15)27-16(30)10-33-20/h2-3,7-8,11,23H,4-6,9-10H2,1H3,(H,26,27,30). The highest BCUT2D eigenvalue weighted by Crippen LogP contribution is 2.27. The number of carbonyl (C=O) groups is 2. The van der Waals surface area contributed by atoms with Crippen molar-refractivity contribution < 1.29 is 23.5 Å². The van der Waals surface area contributed by atoms with Crippen molar-refractivity contribution in [2.24, 2.45) is 7.05 Å². The van der Waals surface area contributed by atoms with Crippen molar-refractivity contribution in [1.29, 1.82) is 0 Å². The fourth-order valence-corrected chi connectivity index (χ4v) is 3.92. The molecule has 1 fully saturated rings. The van der Waals surface area contributed by atoms with Gasteiger partial charge in [0.05, 0.1) is 30.0 Å². The molecule has 0 bridgehead atoms. The number of hydrogen-bond donors (Lipinski definition) is 2. The van der Waals surface area contributed by atoms with E-state index in [1.165, 1.54) is 21.7 Å². The number of amides is 2. The van der Waals surface area contributed by atoms with Crippen LogP contribution in [-0.4, -0.2) is 63.9 Å². The lowest BCUT2D eigenvalue weighted by atomic mass is 10.1. The number of aromatic nitrogens is 4. The first-order valence-electron chi connectivity index (χ1n) is 10.5. The van der Waals surface area contributed by atoms with Gasteiger partial charge >= 0.3 is 6.09 Å². The summed E-state index contributed by atoms with van der Waals surface area (Å²) in [6.45, 7) is 0.782. The van der Waals surface area contributed by atoms with Gasteiger partial charge in [-0.05, 0) is 19.0 Å². The van der Waals surface area contributed by atoms with Crippen molar-refractivity contribution >= 4 is 34.7 Å². The first kappa shape index (κ1) is 21.7. The van der Waals surface area contributed by atoms with Crippen LogP contribution in [0.1, 0.15) is 5.56 Å². The molecule has 2 aliphatic rings. The number of hydrogen-bond acceptors (Lipinski definition) is 9. The van der Waals surface area contributed by atoms with Crippen LogP contribution in [0.3, 0.4) is 0 Å². The van der Waals surface area contributed by atoms with E-state index < -0.39 is 18.0 Å². The highest BCUT2D eigenvalue weighted by molar-refractivity contribution is 5.94. The Bertz CT molecular complexity index is 1360. The largest absolute Gasteiger partial charge is 0.465 e. The number of nitrogens with one attached hydrogen (secondary N) is 2. The number of carbonyl (C=O) groups excluding carboxylic acids is 2. The van der Waals surface area contributed by atoms with Crippen LogP contribution in [0.15, 0.2) is 29.3 Å². The van der Waals surface area contributed by atoms with Crippen LogP contribution in [0.4, 0.5) is 20.8 Å².